The molecule has 0 unspecified atom stereocenters. The summed E-state index contributed by atoms with van der Waals surface area (Å²) in [5.41, 5.74) is 1.54. The molecule has 2 N–H and O–H groups in total. The monoisotopic (exact) mass is 304 g/mol. The van der Waals surface area contributed by atoms with Gasteiger partial charge in [0, 0.05) is 4.47 Å². The van der Waals surface area contributed by atoms with Crippen molar-refractivity contribution >= 4 is 27.0 Å². The number of fused-ring (bicyclic) bond motifs is 1. The average Bonchev–Trinajstić information content (AvgIpc) is 2.68. The topological polar surface area (TPSA) is 58.0 Å². The quantitative estimate of drug-likeness (QED) is 0.726. The number of hydrogen-bond acceptors (Lipinski definition) is 2. The fraction of sp³-hybridized carbons (Fsp3) is 0. The second kappa shape index (κ2) is 4.03. The Labute approximate surface area is 111 Å². The first-order valence-corrected chi connectivity index (χ1v) is 6.15. The van der Waals surface area contributed by atoms with E-state index in [9.17, 15) is 9.90 Å². The van der Waals surface area contributed by atoms with Crippen molar-refractivity contribution < 1.29 is 5.11 Å². The van der Waals surface area contributed by atoms with E-state index in [-0.39, 0.29) is 11.4 Å². The minimum absolute atomic E-state index is 0.0652. The Bertz CT molecular complexity index is 789. The molecule has 0 saturated carbocycles. The third-order valence-electron chi connectivity index (χ3n) is 2.79. The molecule has 4 nitrogen and oxygen atoms in total. The number of phenolic OH excluding ortho intramolecular Hbond substituents is 1. The summed E-state index contributed by atoms with van der Waals surface area (Å²) in [6.45, 7) is 0. The third-order valence-corrected chi connectivity index (χ3v) is 3.46. The molecule has 0 bridgehead atoms. The molecule has 2 aromatic carbocycles. The van der Waals surface area contributed by atoms with E-state index < -0.39 is 0 Å². The maximum absolute atomic E-state index is 12.0. The van der Waals surface area contributed by atoms with Crippen LogP contribution in [0.2, 0.25) is 0 Å². The second-order valence-electron chi connectivity index (χ2n) is 3.89. The van der Waals surface area contributed by atoms with Crippen LogP contribution in [-0.4, -0.2) is 14.7 Å². The van der Waals surface area contributed by atoms with Crippen LogP contribution in [0, 0.1) is 0 Å². The molecule has 0 radical (unpaired) electrons. The van der Waals surface area contributed by atoms with Crippen molar-refractivity contribution in [2.45, 2.75) is 0 Å². The van der Waals surface area contributed by atoms with Gasteiger partial charge in [-0.25, -0.2) is 4.79 Å². The zero-order valence-electron chi connectivity index (χ0n) is 9.22. The molecule has 18 heavy (non-hydrogen) atoms. The van der Waals surface area contributed by atoms with E-state index in [1.807, 2.05) is 24.3 Å². The number of phenols is 1. The zero-order chi connectivity index (χ0) is 12.7. The SMILES string of the molecule is O=c1[nH]c2c(O)cccc2n1-c1ccccc1Br. The van der Waals surface area contributed by atoms with E-state index in [2.05, 4.69) is 20.9 Å². The van der Waals surface area contributed by atoms with Crippen LogP contribution >= 0.6 is 15.9 Å². The van der Waals surface area contributed by atoms with Gasteiger partial charge in [0.2, 0.25) is 0 Å². The van der Waals surface area contributed by atoms with Crippen LogP contribution < -0.4 is 5.69 Å². The number of hydrogen-bond donors (Lipinski definition) is 2. The highest BCUT2D eigenvalue weighted by molar-refractivity contribution is 9.10. The normalized spacial score (nSPS) is 10.9. The number of imidazole rings is 1. The first-order valence-electron chi connectivity index (χ1n) is 5.36. The van der Waals surface area contributed by atoms with Gasteiger partial charge in [-0.05, 0) is 40.2 Å². The van der Waals surface area contributed by atoms with Crippen molar-refractivity contribution in [1.82, 2.24) is 9.55 Å². The average molecular weight is 305 g/mol. The van der Waals surface area contributed by atoms with Crippen molar-refractivity contribution in [3.05, 3.63) is 57.4 Å². The van der Waals surface area contributed by atoms with Crippen LogP contribution in [0.15, 0.2) is 51.7 Å². The van der Waals surface area contributed by atoms with Crippen LogP contribution in [0.5, 0.6) is 5.75 Å². The van der Waals surface area contributed by atoms with E-state index in [1.54, 1.807) is 18.2 Å². The maximum atomic E-state index is 12.0. The van der Waals surface area contributed by atoms with E-state index in [0.717, 1.165) is 10.2 Å². The molecule has 3 rings (SSSR count). The van der Waals surface area contributed by atoms with E-state index >= 15 is 0 Å². The first kappa shape index (κ1) is 11.1. The molecule has 0 spiro atoms. The molecular formula is C13H9BrN2O2. The van der Waals surface area contributed by atoms with Gasteiger partial charge in [-0.1, -0.05) is 18.2 Å². The van der Waals surface area contributed by atoms with Crippen LogP contribution in [0.3, 0.4) is 0 Å². The zero-order valence-corrected chi connectivity index (χ0v) is 10.8. The molecule has 0 atom stereocenters. The molecule has 1 heterocycles. The first-order chi connectivity index (χ1) is 8.68. The minimum atomic E-state index is -0.279. The summed E-state index contributed by atoms with van der Waals surface area (Å²) in [5.74, 6) is 0.0652. The molecule has 0 fully saturated rings. The van der Waals surface area contributed by atoms with Crippen molar-refractivity contribution in [3.8, 4) is 11.4 Å². The lowest BCUT2D eigenvalue weighted by atomic mass is 10.2. The summed E-state index contributed by atoms with van der Waals surface area (Å²) >= 11 is 3.42. The summed E-state index contributed by atoms with van der Waals surface area (Å²) < 4.78 is 2.34. The van der Waals surface area contributed by atoms with Crippen LogP contribution in [0.4, 0.5) is 0 Å². The summed E-state index contributed by atoms with van der Waals surface area (Å²) in [6, 6.07) is 12.5. The number of para-hydroxylation sites is 2. The van der Waals surface area contributed by atoms with Crippen molar-refractivity contribution in [1.29, 1.82) is 0 Å². The molecule has 5 heteroatoms. The van der Waals surface area contributed by atoms with Crippen molar-refractivity contribution in [2.24, 2.45) is 0 Å². The van der Waals surface area contributed by atoms with Crippen LogP contribution in [0.25, 0.3) is 16.7 Å². The number of aromatic hydroxyl groups is 1. The van der Waals surface area contributed by atoms with Gasteiger partial charge in [0.15, 0.2) is 0 Å². The lowest BCUT2D eigenvalue weighted by molar-refractivity contribution is 0.480. The van der Waals surface area contributed by atoms with Crippen molar-refractivity contribution in [2.75, 3.05) is 0 Å². The smallest absolute Gasteiger partial charge is 0.331 e. The van der Waals surface area contributed by atoms with Gasteiger partial charge in [-0.3, -0.25) is 4.57 Å². The fourth-order valence-electron chi connectivity index (χ4n) is 1.99. The highest BCUT2D eigenvalue weighted by atomic mass is 79.9. The van der Waals surface area contributed by atoms with Gasteiger partial charge in [-0.2, -0.15) is 0 Å². The second-order valence-corrected chi connectivity index (χ2v) is 4.74. The van der Waals surface area contributed by atoms with Gasteiger partial charge in [0.05, 0.1) is 11.2 Å². The largest absolute Gasteiger partial charge is 0.506 e. The van der Waals surface area contributed by atoms with Crippen LogP contribution in [-0.2, 0) is 0 Å². The van der Waals surface area contributed by atoms with E-state index in [0.29, 0.717) is 11.0 Å². The molecule has 3 aromatic rings. The van der Waals surface area contributed by atoms with Gasteiger partial charge in [0.1, 0.15) is 11.3 Å². The summed E-state index contributed by atoms with van der Waals surface area (Å²) in [7, 11) is 0. The number of benzene rings is 2. The Kier molecular flexibility index (Phi) is 2.48. The number of nitrogens with one attached hydrogen (secondary N) is 1. The molecule has 1 aromatic heterocycles. The Morgan fingerprint density at radius 2 is 1.89 bits per heavy atom. The van der Waals surface area contributed by atoms with E-state index in [4.69, 9.17) is 0 Å². The number of aromatic amines is 1. The molecule has 0 aliphatic rings. The molecular weight excluding hydrogens is 296 g/mol. The Morgan fingerprint density at radius 3 is 2.67 bits per heavy atom. The maximum Gasteiger partial charge on any atom is 0.331 e. The fourth-order valence-corrected chi connectivity index (χ4v) is 2.45. The highest BCUT2D eigenvalue weighted by Crippen LogP contribution is 2.26. The lowest BCUT2D eigenvalue weighted by Crippen LogP contribution is -2.14. The van der Waals surface area contributed by atoms with Gasteiger partial charge in [-0.15, -0.1) is 0 Å². The Balaban J connectivity index is 2.44. The Morgan fingerprint density at radius 1 is 1.11 bits per heavy atom. The predicted molar refractivity (Wildman–Crippen MR) is 73.3 cm³/mol. The number of nitrogens with zero attached hydrogens (tertiary/aromatic N) is 1. The summed E-state index contributed by atoms with van der Waals surface area (Å²) in [5, 5.41) is 9.73. The van der Waals surface area contributed by atoms with Gasteiger partial charge < -0.3 is 10.1 Å². The van der Waals surface area contributed by atoms with E-state index in [1.165, 1.54) is 4.57 Å². The highest BCUT2D eigenvalue weighted by Gasteiger charge is 2.12. The predicted octanol–water partition coefficient (Wildman–Crippen LogP) is 2.79. The molecule has 90 valence electrons. The Hall–Kier alpha value is -2.01. The van der Waals surface area contributed by atoms with Gasteiger partial charge >= 0.3 is 5.69 Å². The van der Waals surface area contributed by atoms with Crippen molar-refractivity contribution in [3.63, 3.8) is 0 Å². The molecule has 0 amide bonds. The lowest BCUT2D eigenvalue weighted by Gasteiger charge is -2.05. The number of rotatable bonds is 1. The molecule has 0 aliphatic heterocycles. The van der Waals surface area contributed by atoms with Gasteiger partial charge in [0.25, 0.3) is 0 Å². The molecule has 0 saturated heterocycles. The minimum Gasteiger partial charge on any atom is -0.506 e. The number of aromatic nitrogens is 2. The molecule has 0 aliphatic carbocycles. The third kappa shape index (κ3) is 1.55. The number of H-pyrrole nitrogens is 1. The summed E-state index contributed by atoms with van der Waals surface area (Å²) in [4.78, 5) is 14.7. The number of halogens is 1. The summed E-state index contributed by atoms with van der Waals surface area (Å²) in [6.07, 6.45) is 0. The standard InChI is InChI=1S/C13H9BrN2O2/c14-8-4-1-2-5-9(8)16-10-6-3-7-11(17)12(10)15-13(16)18/h1-7,17H,(H,15,18). The van der Waals surface area contributed by atoms with Crippen LogP contribution in [0.1, 0.15) is 0 Å².